The first-order valence-electron chi connectivity index (χ1n) is 4.51. The van der Waals surface area contributed by atoms with Gasteiger partial charge in [0.15, 0.2) is 0 Å². The second kappa shape index (κ2) is 4.02. The van der Waals surface area contributed by atoms with E-state index < -0.39 is 10.8 Å². The van der Waals surface area contributed by atoms with Gasteiger partial charge in [0, 0.05) is 6.07 Å². The Balaban J connectivity index is 2.14. The van der Waals surface area contributed by atoms with Gasteiger partial charge >= 0.3 is 0 Å². The predicted molar refractivity (Wildman–Crippen MR) is 54.8 cm³/mol. The van der Waals surface area contributed by atoms with E-state index in [2.05, 4.69) is 5.16 Å². The first-order valence-corrected chi connectivity index (χ1v) is 5.83. The predicted octanol–water partition coefficient (Wildman–Crippen LogP) is 2.19. The number of aryl methyl sites for hydroxylation is 2. The standard InChI is InChI=1S/C10H11NO3S/c1-7-5-9(11-14-7)6-15(12)10-3-4-13-8(10)2/h3-5H,6H2,1-2H3. The molecule has 2 aromatic heterocycles. The molecule has 80 valence electrons. The fourth-order valence-electron chi connectivity index (χ4n) is 1.31. The van der Waals surface area contributed by atoms with Crippen LogP contribution in [0.5, 0.6) is 0 Å². The second-order valence-electron chi connectivity index (χ2n) is 3.26. The van der Waals surface area contributed by atoms with E-state index >= 15 is 0 Å². The Morgan fingerprint density at radius 3 is 2.80 bits per heavy atom. The van der Waals surface area contributed by atoms with Gasteiger partial charge in [0.25, 0.3) is 0 Å². The summed E-state index contributed by atoms with van der Waals surface area (Å²) in [4.78, 5) is 0.718. The van der Waals surface area contributed by atoms with Gasteiger partial charge in [-0.1, -0.05) is 5.16 Å². The van der Waals surface area contributed by atoms with Crippen LogP contribution in [-0.4, -0.2) is 9.37 Å². The van der Waals surface area contributed by atoms with Gasteiger partial charge in [-0.05, 0) is 19.9 Å². The van der Waals surface area contributed by atoms with Crippen molar-refractivity contribution >= 4 is 10.8 Å². The van der Waals surface area contributed by atoms with Gasteiger partial charge in [0.05, 0.1) is 33.4 Å². The Morgan fingerprint density at radius 2 is 2.27 bits per heavy atom. The highest BCUT2D eigenvalue weighted by atomic mass is 32.2. The summed E-state index contributed by atoms with van der Waals surface area (Å²) in [6.07, 6.45) is 1.54. The SMILES string of the molecule is Cc1cc(CS(=O)c2ccoc2C)no1. The molecule has 5 heteroatoms. The molecule has 0 saturated carbocycles. The highest BCUT2D eigenvalue weighted by Crippen LogP contribution is 2.17. The third-order valence-corrected chi connectivity index (χ3v) is 3.48. The molecule has 2 aromatic rings. The van der Waals surface area contributed by atoms with Crippen molar-refractivity contribution in [2.45, 2.75) is 24.5 Å². The van der Waals surface area contributed by atoms with E-state index in [1.165, 1.54) is 6.26 Å². The van der Waals surface area contributed by atoms with Crippen molar-refractivity contribution in [1.29, 1.82) is 0 Å². The van der Waals surface area contributed by atoms with E-state index in [1.54, 1.807) is 19.1 Å². The molecule has 1 atom stereocenters. The molecule has 0 amide bonds. The Bertz CT molecular complexity index is 486. The van der Waals surface area contributed by atoms with E-state index in [-0.39, 0.29) is 0 Å². The van der Waals surface area contributed by atoms with Crippen LogP contribution in [0.2, 0.25) is 0 Å². The Hall–Kier alpha value is -1.36. The molecular weight excluding hydrogens is 214 g/mol. The molecule has 0 N–H and O–H groups in total. The van der Waals surface area contributed by atoms with Crippen LogP contribution in [0, 0.1) is 13.8 Å². The van der Waals surface area contributed by atoms with Crippen molar-refractivity contribution in [2.24, 2.45) is 0 Å². The molecule has 0 aliphatic heterocycles. The second-order valence-corrected chi connectivity index (χ2v) is 4.68. The molecule has 15 heavy (non-hydrogen) atoms. The van der Waals surface area contributed by atoms with E-state index in [9.17, 15) is 4.21 Å². The summed E-state index contributed by atoms with van der Waals surface area (Å²) < 4.78 is 21.9. The lowest BCUT2D eigenvalue weighted by molar-refractivity contribution is 0.392. The first-order chi connectivity index (χ1) is 7.16. The molecule has 0 spiro atoms. The molecule has 2 heterocycles. The molecule has 1 unspecified atom stereocenters. The normalized spacial score (nSPS) is 12.9. The monoisotopic (exact) mass is 225 g/mol. The van der Waals surface area contributed by atoms with E-state index in [0.29, 0.717) is 17.2 Å². The molecule has 0 aromatic carbocycles. The summed E-state index contributed by atoms with van der Waals surface area (Å²) in [5.41, 5.74) is 0.700. The van der Waals surface area contributed by atoms with Gasteiger partial charge < -0.3 is 8.94 Å². The van der Waals surface area contributed by atoms with Gasteiger partial charge in [-0.15, -0.1) is 0 Å². The van der Waals surface area contributed by atoms with Crippen molar-refractivity contribution in [3.05, 3.63) is 35.6 Å². The van der Waals surface area contributed by atoms with Gasteiger partial charge in [-0.2, -0.15) is 0 Å². The molecule has 2 rings (SSSR count). The average Bonchev–Trinajstić information content (AvgIpc) is 2.75. The molecule has 0 aliphatic carbocycles. The van der Waals surface area contributed by atoms with Crippen LogP contribution in [0.3, 0.4) is 0 Å². The minimum Gasteiger partial charge on any atom is -0.468 e. The molecule has 4 nitrogen and oxygen atoms in total. The Morgan fingerprint density at radius 1 is 1.47 bits per heavy atom. The largest absolute Gasteiger partial charge is 0.468 e. The van der Waals surface area contributed by atoms with Gasteiger partial charge in [-0.25, -0.2) is 0 Å². The summed E-state index contributed by atoms with van der Waals surface area (Å²) in [6, 6.07) is 3.51. The zero-order chi connectivity index (χ0) is 10.8. The minimum absolute atomic E-state index is 0.359. The lowest BCUT2D eigenvalue weighted by atomic mass is 10.4. The maximum atomic E-state index is 11.9. The molecule has 0 radical (unpaired) electrons. The Labute approximate surface area is 89.7 Å². The fraction of sp³-hybridized carbons (Fsp3) is 0.300. The maximum absolute atomic E-state index is 11.9. The van der Waals surface area contributed by atoms with Crippen LogP contribution >= 0.6 is 0 Å². The third-order valence-electron chi connectivity index (χ3n) is 2.01. The quantitative estimate of drug-likeness (QED) is 0.803. The van der Waals surface area contributed by atoms with Gasteiger partial charge in [-0.3, -0.25) is 4.21 Å². The smallest absolute Gasteiger partial charge is 0.133 e. The molecule has 0 aliphatic rings. The highest BCUT2D eigenvalue weighted by molar-refractivity contribution is 7.84. The van der Waals surface area contributed by atoms with Crippen LogP contribution in [0.25, 0.3) is 0 Å². The van der Waals surface area contributed by atoms with E-state index in [4.69, 9.17) is 8.94 Å². The molecule has 0 fully saturated rings. The summed E-state index contributed by atoms with van der Waals surface area (Å²) in [5.74, 6) is 1.78. The van der Waals surface area contributed by atoms with Crippen molar-refractivity contribution in [3.63, 3.8) is 0 Å². The number of nitrogens with zero attached hydrogens (tertiary/aromatic N) is 1. The van der Waals surface area contributed by atoms with Gasteiger partial charge in [0.1, 0.15) is 11.5 Å². The Kier molecular flexibility index (Phi) is 2.73. The van der Waals surface area contributed by atoms with Crippen LogP contribution in [0.4, 0.5) is 0 Å². The van der Waals surface area contributed by atoms with Crippen LogP contribution in [0.15, 0.2) is 32.2 Å². The summed E-state index contributed by atoms with van der Waals surface area (Å²) in [5, 5.41) is 3.80. The summed E-state index contributed by atoms with van der Waals surface area (Å²) in [6.45, 7) is 3.60. The van der Waals surface area contributed by atoms with Crippen LogP contribution in [0.1, 0.15) is 17.2 Å². The minimum atomic E-state index is -1.12. The summed E-state index contributed by atoms with van der Waals surface area (Å²) in [7, 11) is -1.12. The lowest BCUT2D eigenvalue weighted by Gasteiger charge is -1.96. The number of hydrogen-bond acceptors (Lipinski definition) is 4. The number of hydrogen-bond donors (Lipinski definition) is 0. The van der Waals surface area contributed by atoms with Crippen molar-refractivity contribution in [2.75, 3.05) is 0 Å². The van der Waals surface area contributed by atoms with Crippen LogP contribution in [-0.2, 0) is 16.6 Å². The number of aromatic nitrogens is 1. The number of rotatable bonds is 3. The molecule has 0 saturated heterocycles. The van der Waals surface area contributed by atoms with Crippen LogP contribution < -0.4 is 0 Å². The van der Waals surface area contributed by atoms with Crippen molar-refractivity contribution in [1.82, 2.24) is 5.16 Å². The lowest BCUT2D eigenvalue weighted by Crippen LogP contribution is -1.96. The number of furan rings is 1. The van der Waals surface area contributed by atoms with E-state index in [0.717, 1.165) is 10.7 Å². The first kappa shape index (κ1) is 10.2. The topological polar surface area (TPSA) is 56.2 Å². The van der Waals surface area contributed by atoms with E-state index in [1.807, 2.05) is 6.92 Å². The van der Waals surface area contributed by atoms with Gasteiger partial charge in [0.2, 0.25) is 0 Å². The molecular formula is C10H11NO3S. The zero-order valence-corrected chi connectivity index (χ0v) is 9.34. The fourth-order valence-corrected chi connectivity index (χ4v) is 2.44. The molecule has 0 bridgehead atoms. The maximum Gasteiger partial charge on any atom is 0.133 e. The highest BCUT2D eigenvalue weighted by Gasteiger charge is 2.12. The average molecular weight is 225 g/mol. The summed E-state index contributed by atoms with van der Waals surface area (Å²) >= 11 is 0. The van der Waals surface area contributed by atoms with Crippen molar-refractivity contribution in [3.8, 4) is 0 Å². The van der Waals surface area contributed by atoms with Crippen molar-refractivity contribution < 1.29 is 13.1 Å². The zero-order valence-electron chi connectivity index (χ0n) is 8.52. The third kappa shape index (κ3) is 2.18.